The van der Waals surface area contributed by atoms with Gasteiger partial charge in [0.1, 0.15) is 17.1 Å². The smallest absolute Gasteiger partial charge is 0.409 e. The molecule has 0 spiro atoms. The van der Waals surface area contributed by atoms with Crippen LogP contribution in [-0.2, 0) is 24.0 Å². The number of methoxy groups -OCH3 is 2. The van der Waals surface area contributed by atoms with E-state index in [2.05, 4.69) is 11.4 Å². The molecular weight excluding hydrogens is 800 g/mol. The number of amides is 1. The van der Waals surface area contributed by atoms with Gasteiger partial charge in [-0.05, 0) is 87.7 Å². The van der Waals surface area contributed by atoms with E-state index in [9.17, 15) is 10.1 Å². The number of pyridine rings is 1. The summed E-state index contributed by atoms with van der Waals surface area (Å²) in [5, 5.41) is 13.3. The van der Waals surface area contributed by atoms with Crippen LogP contribution in [0.25, 0.3) is 22.2 Å². The Balaban J connectivity index is 1.50. The molecule has 5 aromatic carbocycles. The highest BCUT2D eigenvalue weighted by molar-refractivity contribution is 7.51. The fraction of sp³-hybridized carbons (Fsp3) is 0.300. The molecule has 1 heterocycles. The van der Waals surface area contributed by atoms with E-state index >= 15 is 4.57 Å². The van der Waals surface area contributed by atoms with Gasteiger partial charge in [0.25, 0.3) is 5.91 Å². The molecule has 6 rings (SSSR count). The monoisotopic (exact) mass is 854 g/mol. The predicted octanol–water partition coefficient (Wildman–Crippen LogP) is 10.6. The molecule has 3 atom stereocenters. The van der Waals surface area contributed by atoms with Crippen LogP contribution in [0.2, 0.25) is 0 Å². The molecule has 0 saturated heterocycles. The topological polar surface area (TPSA) is 132 Å². The number of aromatic nitrogens is 1. The highest BCUT2D eigenvalue weighted by Crippen LogP contribution is 2.56. The molecule has 1 amide bonds. The number of nitrogens with one attached hydrogen (secondary N) is 1. The molecule has 322 valence electrons. The summed E-state index contributed by atoms with van der Waals surface area (Å²) in [6, 6.07) is 44.8. The summed E-state index contributed by atoms with van der Waals surface area (Å²) in [6.07, 6.45) is -0.953. The van der Waals surface area contributed by atoms with Gasteiger partial charge in [-0.1, -0.05) is 103 Å². The molecule has 62 heavy (non-hydrogen) atoms. The van der Waals surface area contributed by atoms with Gasteiger partial charge in [0, 0.05) is 23.0 Å². The largest absolute Gasteiger partial charge is 0.497 e. The van der Waals surface area contributed by atoms with E-state index in [1.54, 1.807) is 31.9 Å². The van der Waals surface area contributed by atoms with Crippen LogP contribution in [0, 0.1) is 11.3 Å². The number of para-hydroxylation sites is 1. The molecule has 0 bridgehead atoms. The molecule has 1 N–H and O–H groups in total. The Kier molecular flexibility index (Phi) is 15.3. The molecule has 0 aliphatic carbocycles. The van der Waals surface area contributed by atoms with Crippen LogP contribution in [0.1, 0.15) is 68.1 Å². The highest BCUT2D eigenvalue weighted by atomic mass is 31.2. The minimum absolute atomic E-state index is 0.0111. The van der Waals surface area contributed by atoms with E-state index in [1.807, 2.05) is 161 Å². The number of hydrogen-bond acceptors (Lipinski definition) is 9. The maximum Gasteiger partial charge on any atom is 0.409 e. The number of benzene rings is 5. The van der Waals surface area contributed by atoms with Gasteiger partial charge in [-0.25, -0.2) is 14.2 Å². The van der Waals surface area contributed by atoms with E-state index < -0.39 is 31.4 Å². The first kappa shape index (κ1) is 45.7. The van der Waals surface area contributed by atoms with Crippen molar-refractivity contribution in [2.45, 2.75) is 70.9 Å². The third-order valence-electron chi connectivity index (χ3n) is 10.7. The third-order valence-corrected chi connectivity index (χ3v) is 13.3. The number of carbonyl (C=O) groups excluding carboxylic acids is 1. The normalized spacial score (nSPS) is 13.7. The molecular formula is C50H55N4O7P. The fourth-order valence-electron chi connectivity index (χ4n) is 7.75. The van der Waals surface area contributed by atoms with Gasteiger partial charge >= 0.3 is 7.75 Å². The average Bonchev–Trinajstić information content (AvgIpc) is 3.29. The van der Waals surface area contributed by atoms with Gasteiger partial charge in [0.2, 0.25) is 0 Å². The summed E-state index contributed by atoms with van der Waals surface area (Å²) < 4.78 is 47.9. The maximum absolute atomic E-state index is 15.1. The first-order valence-electron chi connectivity index (χ1n) is 20.8. The number of carbonyl (C=O) groups is 1. The Morgan fingerprint density at radius 2 is 1.29 bits per heavy atom. The lowest BCUT2D eigenvalue weighted by atomic mass is 9.80. The van der Waals surface area contributed by atoms with Crippen molar-refractivity contribution >= 4 is 24.6 Å². The van der Waals surface area contributed by atoms with E-state index in [0.717, 1.165) is 22.3 Å². The van der Waals surface area contributed by atoms with Gasteiger partial charge in [-0.15, -0.1) is 0 Å². The lowest BCUT2D eigenvalue weighted by molar-refractivity contribution is -0.0207. The lowest BCUT2D eigenvalue weighted by Crippen LogP contribution is -2.49. The Hall–Kier alpha value is -5.86. The number of hydrogen-bond donors (Lipinski definition) is 1. The number of nitriles is 1. The number of ether oxygens (including phenoxy) is 3. The summed E-state index contributed by atoms with van der Waals surface area (Å²) in [5.74, 6) is 0.932. The molecule has 0 fully saturated rings. The summed E-state index contributed by atoms with van der Waals surface area (Å²) in [6.45, 7) is 9.15. The van der Waals surface area contributed by atoms with Crippen LogP contribution < -0.4 is 14.8 Å². The second-order valence-electron chi connectivity index (χ2n) is 15.4. The SMILES string of the molecule is COc1ccc(C(OC[C@H](NC(=O)c2cc(-c3ccccc3)nc3ccccc23)[C@@H](C)OP(=O)(OCCC#N)N(C(C)C)C(C)C)(c2ccccc2)c2ccc(OC)cc2)cc1. The molecule has 0 saturated carbocycles. The fourth-order valence-corrected chi connectivity index (χ4v) is 10.1. The van der Waals surface area contributed by atoms with Crippen molar-refractivity contribution < 1.29 is 32.6 Å². The molecule has 1 unspecified atom stereocenters. The predicted molar refractivity (Wildman–Crippen MR) is 243 cm³/mol. The standard InChI is InChI=1S/C50H55N4O7P/c1-35(2)54(36(3)4)62(56,60-32-16-31-51)61-37(5)48(53-49(55)45-33-47(38-17-10-8-11-18-38)52-46-22-15-14-21-44(45)46)34-59-50(39-19-12-9-13-20-39,40-23-27-42(57-6)28-24-40)41-25-29-43(58-7)30-26-41/h8-15,17-30,33,35-37,48H,16,32,34H2,1-7H3,(H,53,55)/t37-,48+,62?/m1/s1. The van der Waals surface area contributed by atoms with E-state index in [1.165, 1.54) is 0 Å². The zero-order chi connectivity index (χ0) is 44.3. The number of rotatable bonds is 20. The van der Waals surface area contributed by atoms with Crippen LogP contribution in [0.5, 0.6) is 11.5 Å². The molecule has 0 radical (unpaired) electrons. The van der Waals surface area contributed by atoms with E-state index in [0.29, 0.717) is 33.7 Å². The van der Waals surface area contributed by atoms with Crippen molar-refractivity contribution in [2.24, 2.45) is 0 Å². The van der Waals surface area contributed by atoms with E-state index in [-0.39, 0.29) is 31.7 Å². The Bertz CT molecular complexity index is 2420. The van der Waals surface area contributed by atoms with Crippen LogP contribution in [-0.4, -0.2) is 67.2 Å². The van der Waals surface area contributed by atoms with Crippen LogP contribution in [0.3, 0.4) is 0 Å². The lowest BCUT2D eigenvalue weighted by Gasteiger charge is -2.40. The number of fused-ring (bicyclic) bond motifs is 1. The Morgan fingerprint density at radius 1 is 0.758 bits per heavy atom. The molecule has 0 aliphatic heterocycles. The second kappa shape index (κ2) is 20.8. The van der Waals surface area contributed by atoms with Gasteiger partial charge in [0.15, 0.2) is 0 Å². The second-order valence-corrected chi connectivity index (χ2v) is 17.3. The van der Waals surface area contributed by atoms with Crippen molar-refractivity contribution in [1.29, 1.82) is 5.26 Å². The van der Waals surface area contributed by atoms with Gasteiger partial charge in [-0.2, -0.15) is 5.26 Å². The minimum Gasteiger partial charge on any atom is -0.497 e. The molecule has 0 aliphatic rings. The van der Waals surface area contributed by atoms with Gasteiger partial charge in [0.05, 0.1) is 68.8 Å². The maximum atomic E-state index is 15.1. The minimum atomic E-state index is -4.10. The quantitative estimate of drug-likeness (QED) is 0.0450. The summed E-state index contributed by atoms with van der Waals surface area (Å²) >= 11 is 0. The van der Waals surface area contributed by atoms with Gasteiger partial charge < -0.3 is 19.5 Å². The summed E-state index contributed by atoms with van der Waals surface area (Å²) in [4.78, 5) is 19.8. The van der Waals surface area contributed by atoms with Crippen molar-refractivity contribution in [2.75, 3.05) is 27.4 Å². The number of nitrogens with zero attached hydrogens (tertiary/aromatic N) is 3. The average molecular weight is 855 g/mol. The van der Waals surface area contributed by atoms with Gasteiger partial charge in [-0.3, -0.25) is 13.8 Å². The first-order chi connectivity index (χ1) is 29.9. The molecule has 1 aromatic heterocycles. The van der Waals surface area contributed by atoms with Crippen molar-refractivity contribution in [3.05, 3.63) is 162 Å². The van der Waals surface area contributed by atoms with Crippen molar-refractivity contribution in [3.63, 3.8) is 0 Å². The van der Waals surface area contributed by atoms with Crippen molar-refractivity contribution in [1.82, 2.24) is 15.0 Å². The zero-order valence-electron chi connectivity index (χ0n) is 36.4. The third kappa shape index (κ3) is 10.2. The molecule has 6 aromatic rings. The van der Waals surface area contributed by atoms with E-state index in [4.69, 9.17) is 28.2 Å². The van der Waals surface area contributed by atoms with Crippen molar-refractivity contribution in [3.8, 4) is 28.8 Å². The Morgan fingerprint density at radius 3 is 1.84 bits per heavy atom. The molecule has 12 heteroatoms. The Labute approximate surface area is 365 Å². The van der Waals surface area contributed by atoms with Crippen LogP contribution in [0.4, 0.5) is 0 Å². The molecule has 11 nitrogen and oxygen atoms in total. The summed E-state index contributed by atoms with van der Waals surface area (Å²) in [5.41, 5.74) is 3.68. The highest BCUT2D eigenvalue weighted by Gasteiger charge is 2.43. The van der Waals surface area contributed by atoms with Crippen LogP contribution in [0.15, 0.2) is 140 Å². The van der Waals surface area contributed by atoms with Crippen LogP contribution >= 0.6 is 7.75 Å². The summed E-state index contributed by atoms with van der Waals surface area (Å²) in [7, 11) is -0.870. The zero-order valence-corrected chi connectivity index (χ0v) is 37.3. The first-order valence-corrected chi connectivity index (χ1v) is 22.3.